The third-order valence-electron chi connectivity index (χ3n) is 7.64. The molecule has 0 aromatic heterocycles. The zero-order valence-corrected chi connectivity index (χ0v) is 24.6. The summed E-state index contributed by atoms with van der Waals surface area (Å²) >= 11 is 0. The SMILES string of the molecule is C=C/C(=C\C(F)=C/CCCC(C)C)C1=CC=C(C(=C)N(C)C2C=CC=C(N)N2C)C(CC(CC)CCC)N1. The van der Waals surface area contributed by atoms with Gasteiger partial charge in [0.2, 0.25) is 0 Å². The zero-order valence-electron chi connectivity index (χ0n) is 24.6. The number of hydrogen-bond donors (Lipinski definition) is 2. The smallest absolute Gasteiger partial charge is 0.122 e. The number of unbranched alkanes of at least 4 members (excludes halogenated alkanes) is 1. The minimum atomic E-state index is -0.211. The van der Waals surface area contributed by atoms with Crippen molar-refractivity contribution in [2.45, 2.75) is 84.8 Å². The van der Waals surface area contributed by atoms with Gasteiger partial charge in [0.25, 0.3) is 0 Å². The molecule has 0 aromatic carbocycles. The Balaban J connectivity index is 2.34. The topological polar surface area (TPSA) is 44.5 Å². The van der Waals surface area contributed by atoms with Crippen LogP contribution in [0.15, 0.2) is 96.0 Å². The quantitative estimate of drug-likeness (QED) is 0.170. The summed E-state index contributed by atoms with van der Waals surface area (Å²) < 4.78 is 14.8. The predicted octanol–water partition coefficient (Wildman–Crippen LogP) is 7.85. The molecule has 0 saturated carbocycles. The summed E-state index contributed by atoms with van der Waals surface area (Å²) in [4.78, 5) is 4.21. The minimum Gasteiger partial charge on any atom is -0.385 e. The van der Waals surface area contributed by atoms with E-state index in [4.69, 9.17) is 5.73 Å². The Morgan fingerprint density at radius 1 is 1.24 bits per heavy atom. The lowest BCUT2D eigenvalue weighted by Crippen LogP contribution is -2.47. The first-order valence-corrected chi connectivity index (χ1v) is 14.3. The molecule has 0 radical (unpaired) electrons. The zero-order chi connectivity index (χ0) is 28.2. The van der Waals surface area contributed by atoms with Crippen molar-refractivity contribution in [3.05, 3.63) is 96.0 Å². The van der Waals surface area contributed by atoms with Gasteiger partial charge >= 0.3 is 0 Å². The fourth-order valence-corrected chi connectivity index (χ4v) is 5.12. The Labute approximate surface area is 231 Å². The van der Waals surface area contributed by atoms with Gasteiger partial charge in [-0.25, -0.2) is 4.39 Å². The molecule has 2 rings (SSSR count). The van der Waals surface area contributed by atoms with E-state index in [1.165, 1.54) is 6.42 Å². The standard InChI is InChI=1S/C33H51FN4/c1-9-15-26(10-2)22-31-29(25(6)37(7)33-19-14-18-32(35)38(33)8)20-21-30(36-31)27(11-3)23-28(34)17-13-12-16-24(4)5/h11,14,17-21,23-24,26,31,33,36H,3,6,9-10,12-13,15-16,22,35H2,1-2,4-5,7-8H3/b27-23+,28-17+. The maximum absolute atomic E-state index is 14.8. The summed E-state index contributed by atoms with van der Waals surface area (Å²) in [6.07, 6.45) is 22.5. The number of nitrogens with one attached hydrogen (secondary N) is 1. The lowest BCUT2D eigenvalue weighted by molar-refractivity contribution is 0.183. The second-order valence-electron chi connectivity index (χ2n) is 11.0. The van der Waals surface area contributed by atoms with Crippen LogP contribution < -0.4 is 11.1 Å². The first kappa shape index (κ1) is 31.3. The molecule has 0 bridgehead atoms. The lowest BCUT2D eigenvalue weighted by Gasteiger charge is -2.41. The summed E-state index contributed by atoms with van der Waals surface area (Å²) in [6, 6.07) is 0.0636. The van der Waals surface area contributed by atoms with Crippen LogP contribution in [0.4, 0.5) is 4.39 Å². The molecule has 3 unspecified atom stereocenters. The number of nitrogens with zero attached hydrogens (tertiary/aromatic N) is 2. The Kier molecular flexibility index (Phi) is 12.7. The molecule has 38 heavy (non-hydrogen) atoms. The molecular weight excluding hydrogens is 471 g/mol. The minimum absolute atomic E-state index is 0.0180. The summed E-state index contributed by atoms with van der Waals surface area (Å²) in [6.45, 7) is 17.4. The van der Waals surface area contributed by atoms with E-state index in [-0.39, 0.29) is 18.0 Å². The van der Waals surface area contributed by atoms with E-state index in [2.05, 4.69) is 70.3 Å². The van der Waals surface area contributed by atoms with Gasteiger partial charge in [0.1, 0.15) is 17.8 Å². The summed E-state index contributed by atoms with van der Waals surface area (Å²) in [7, 11) is 4.05. The van der Waals surface area contributed by atoms with Crippen LogP contribution in [0.5, 0.6) is 0 Å². The van der Waals surface area contributed by atoms with Crippen molar-refractivity contribution < 1.29 is 4.39 Å². The fraction of sp³-hybridized carbons (Fsp3) is 0.515. The fourth-order valence-electron chi connectivity index (χ4n) is 5.12. The van der Waals surface area contributed by atoms with Gasteiger partial charge in [0, 0.05) is 25.5 Å². The van der Waals surface area contributed by atoms with Crippen LogP contribution in [0.1, 0.15) is 72.6 Å². The van der Waals surface area contributed by atoms with Gasteiger partial charge in [-0.1, -0.05) is 84.8 Å². The molecule has 4 nitrogen and oxygen atoms in total. The first-order chi connectivity index (χ1) is 18.1. The number of allylic oxidation sites excluding steroid dienone is 8. The maximum Gasteiger partial charge on any atom is 0.122 e. The molecule has 0 saturated heterocycles. The van der Waals surface area contributed by atoms with Crippen molar-refractivity contribution >= 4 is 0 Å². The Morgan fingerprint density at radius 2 is 1.97 bits per heavy atom. The van der Waals surface area contributed by atoms with E-state index in [0.29, 0.717) is 11.8 Å². The van der Waals surface area contributed by atoms with E-state index >= 15 is 0 Å². The molecule has 0 aliphatic carbocycles. The number of likely N-dealkylation sites (N-methyl/N-ethyl adjacent to an activating group) is 2. The molecule has 0 aromatic rings. The Morgan fingerprint density at radius 3 is 2.61 bits per heavy atom. The van der Waals surface area contributed by atoms with Crippen molar-refractivity contribution in [2.75, 3.05) is 14.1 Å². The van der Waals surface area contributed by atoms with Crippen molar-refractivity contribution in [1.29, 1.82) is 0 Å². The van der Waals surface area contributed by atoms with Gasteiger partial charge in [-0.2, -0.15) is 0 Å². The Bertz CT molecular complexity index is 994. The van der Waals surface area contributed by atoms with Gasteiger partial charge < -0.3 is 20.9 Å². The van der Waals surface area contributed by atoms with Crippen LogP contribution in [-0.4, -0.2) is 36.1 Å². The van der Waals surface area contributed by atoms with Gasteiger partial charge in [0.15, 0.2) is 0 Å². The number of rotatable bonds is 15. The highest BCUT2D eigenvalue weighted by Gasteiger charge is 2.29. The number of halogens is 1. The molecule has 0 amide bonds. The average molecular weight is 523 g/mol. The molecule has 2 aliphatic heterocycles. The highest BCUT2D eigenvalue weighted by Crippen LogP contribution is 2.31. The van der Waals surface area contributed by atoms with E-state index in [1.54, 1.807) is 18.2 Å². The van der Waals surface area contributed by atoms with E-state index in [0.717, 1.165) is 66.9 Å². The van der Waals surface area contributed by atoms with E-state index in [9.17, 15) is 4.39 Å². The summed E-state index contributed by atoms with van der Waals surface area (Å²) in [5, 5.41) is 3.73. The third-order valence-corrected chi connectivity index (χ3v) is 7.64. The molecule has 3 N–H and O–H groups in total. The second-order valence-corrected chi connectivity index (χ2v) is 11.0. The normalized spacial score (nSPS) is 20.9. The third kappa shape index (κ3) is 8.82. The molecule has 0 spiro atoms. The van der Waals surface area contributed by atoms with Gasteiger partial charge in [-0.15, -0.1) is 0 Å². The largest absolute Gasteiger partial charge is 0.385 e. The van der Waals surface area contributed by atoms with E-state index in [1.807, 2.05) is 30.2 Å². The van der Waals surface area contributed by atoms with E-state index < -0.39 is 0 Å². The predicted molar refractivity (Wildman–Crippen MR) is 162 cm³/mol. The van der Waals surface area contributed by atoms with Gasteiger partial charge in [-0.05, 0) is 72.6 Å². The molecule has 2 heterocycles. The van der Waals surface area contributed by atoms with Crippen LogP contribution in [0.3, 0.4) is 0 Å². The molecule has 210 valence electrons. The van der Waals surface area contributed by atoms with Gasteiger partial charge in [0.05, 0.1) is 6.04 Å². The number of hydrogen-bond acceptors (Lipinski definition) is 4. The van der Waals surface area contributed by atoms with Crippen LogP contribution in [0.2, 0.25) is 0 Å². The second kappa shape index (κ2) is 15.5. The van der Waals surface area contributed by atoms with Crippen molar-refractivity contribution in [3.8, 4) is 0 Å². The number of dihydropyridines is 1. The monoisotopic (exact) mass is 522 g/mol. The van der Waals surface area contributed by atoms with Crippen molar-refractivity contribution in [2.24, 2.45) is 17.6 Å². The lowest BCUT2D eigenvalue weighted by atomic mass is 9.86. The van der Waals surface area contributed by atoms with Crippen molar-refractivity contribution in [1.82, 2.24) is 15.1 Å². The highest BCUT2D eigenvalue weighted by molar-refractivity contribution is 5.49. The number of nitrogens with two attached hydrogens (primary N) is 1. The summed E-state index contributed by atoms with van der Waals surface area (Å²) in [5.74, 6) is 1.73. The molecule has 3 atom stereocenters. The van der Waals surface area contributed by atoms with Crippen molar-refractivity contribution in [3.63, 3.8) is 0 Å². The Hall–Kier alpha value is -2.95. The maximum atomic E-state index is 14.8. The van der Waals surface area contributed by atoms with Crippen LogP contribution in [-0.2, 0) is 0 Å². The highest BCUT2D eigenvalue weighted by atomic mass is 19.1. The van der Waals surface area contributed by atoms with Crippen LogP contribution in [0, 0.1) is 11.8 Å². The first-order valence-electron chi connectivity index (χ1n) is 14.3. The molecule has 2 aliphatic rings. The molecule has 0 fully saturated rings. The van der Waals surface area contributed by atoms with Crippen LogP contribution in [0.25, 0.3) is 0 Å². The molecule has 5 heteroatoms. The van der Waals surface area contributed by atoms with Gasteiger partial charge in [-0.3, -0.25) is 0 Å². The average Bonchev–Trinajstić information content (AvgIpc) is 2.90. The van der Waals surface area contributed by atoms with Crippen LogP contribution >= 0.6 is 0 Å². The molecular formula is C33H51FN4. The summed E-state index contributed by atoms with van der Waals surface area (Å²) in [5.41, 5.74) is 9.93.